The standard InChI is InChI=1S/C11H7ClINO2/c12-8-6-7(13)3-4-9(8)14-11(15)10-2-1-5-16-10/h1-6H,(H,14,15). The van der Waals surface area contributed by atoms with Crippen LogP contribution < -0.4 is 5.32 Å². The van der Waals surface area contributed by atoms with E-state index < -0.39 is 0 Å². The van der Waals surface area contributed by atoms with Crippen LogP contribution in [0.15, 0.2) is 41.0 Å². The fourth-order valence-corrected chi connectivity index (χ4v) is 2.09. The molecule has 1 amide bonds. The average molecular weight is 348 g/mol. The molecule has 3 nitrogen and oxygen atoms in total. The number of amides is 1. The first-order valence-electron chi connectivity index (χ1n) is 4.47. The Bertz CT molecular complexity index is 511. The van der Waals surface area contributed by atoms with Gasteiger partial charge in [0.15, 0.2) is 5.76 Å². The van der Waals surface area contributed by atoms with Crippen LogP contribution in [-0.2, 0) is 0 Å². The first-order chi connectivity index (χ1) is 7.66. The van der Waals surface area contributed by atoms with Crippen LogP contribution in [0.2, 0.25) is 5.02 Å². The van der Waals surface area contributed by atoms with Crippen LogP contribution in [0, 0.1) is 3.57 Å². The van der Waals surface area contributed by atoms with Crippen molar-refractivity contribution in [3.05, 3.63) is 50.9 Å². The molecule has 5 heteroatoms. The van der Waals surface area contributed by atoms with Gasteiger partial charge in [-0.1, -0.05) is 11.6 Å². The maximum atomic E-state index is 11.6. The van der Waals surface area contributed by atoms with Gasteiger partial charge < -0.3 is 9.73 Å². The molecule has 0 saturated carbocycles. The monoisotopic (exact) mass is 347 g/mol. The number of furan rings is 1. The van der Waals surface area contributed by atoms with Crippen molar-refractivity contribution in [3.8, 4) is 0 Å². The number of benzene rings is 1. The van der Waals surface area contributed by atoms with E-state index >= 15 is 0 Å². The van der Waals surface area contributed by atoms with Gasteiger partial charge in [-0.15, -0.1) is 0 Å². The number of anilines is 1. The first-order valence-corrected chi connectivity index (χ1v) is 5.92. The maximum absolute atomic E-state index is 11.6. The lowest BCUT2D eigenvalue weighted by atomic mass is 10.3. The number of carbonyl (C=O) groups is 1. The number of hydrogen-bond donors (Lipinski definition) is 1. The first kappa shape index (κ1) is 11.5. The minimum Gasteiger partial charge on any atom is -0.459 e. The van der Waals surface area contributed by atoms with Crippen LogP contribution >= 0.6 is 34.2 Å². The van der Waals surface area contributed by atoms with E-state index in [2.05, 4.69) is 27.9 Å². The van der Waals surface area contributed by atoms with Gasteiger partial charge in [0.2, 0.25) is 0 Å². The van der Waals surface area contributed by atoms with E-state index in [0.717, 1.165) is 3.57 Å². The molecule has 0 aliphatic heterocycles. The molecule has 1 N–H and O–H groups in total. The third kappa shape index (κ3) is 2.56. The zero-order valence-electron chi connectivity index (χ0n) is 8.04. The Balaban J connectivity index is 2.18. The predicted molar refractivity (Wildman–Crippen MR) is 70.8 cm³/mol. The number of nitrogens with one attached hydrogen (secondary N) is 1. The van der Waals surface area contributed by atoms with Crippen molar-refractivity contribution < 1.29 is 9.21 Å². The van der Waals surface area contributed by atoms with Gasteiger partial charge in [0.25, 0.3) is 5.91 Å². The second kappa shape index (κ2) is 4.88. The van der Waals surface area contributed by atoms with Crippen molar-refractivity contribution in [1.82, 2.24) is 0 Å². The Morgan fingerprint density at radius 1 is 1.38 bits per heavy atom. The van der Waals surface area contributed by atoms with Crippen molar-refractivity contribution in [3.63, 3.8) is 0 Å². The predicted octanol–water partition coefficient (Wildman–Crippen LogP) is 3.79. The number of halogens is 2. The van der Waals surface area contributed by atoms with E-state index in [0.29, 0.717) is 10.7 Å². The molecule has 0 aliphatic carbocycles. The largest absolute Gasteiger partial charge is 0.459 e. The minimum atomic E-state index is -0.312. The Kier molecular flexibility index (Phi) is 3.50. The molecule has 0 saturated heterocycles. The topological polar surface area (TPSA) is 42.2 Å². The highest BCUT2D eigenvalue weighted by atomic mass is 127. The van der Waals surface area contributed by atoms with Gasteiger partial charge in [0.05, 0.1) is 17.0 Å². The Labute approximate surface area is 111 Å². The van der Waals surface area contributed by atoms with E-state index in [1.54, 1.807) is 24.3 Å². The smallest absolute Gasteiger partial charge is 0.291 e. The summed E-state index contributed by atoms with van der Waals surface area (Å²) < 4.78 is 5.99. The van der Waals surface area contributed by atoms with Gasteiger partial charge in [0.1, 0.15) is 0 Å². The Morgan fingerprint density at radius 2 is 2.19 bits per heavy atom. The lowest BCUT2D eigenvalue weighted by Gasteiger charge is -2.05. The summed E-state index contributed by atoms with van der Waals surface area (Å²) in [4.78, 5) is 11.6. The van der Waals surface area contributed by atoms with E-state index in [9.17, 15) is 4.79 Å². The molecule has 0 unspecified atom stereocenters. The average Bonchev–Trinajstić information content (AvgIpc) is 2.75. The van der Waals surface area contributed by atoms with Crippen LogP contribution in [0.5, 0.6) is 0 Å². The van der Waals surface area contributed by atoms with Crippen molar-refractivity contribution in [1.29, 1.82) is 0 Å². The molecule has 2 aromatic rings. The summed E-state index contributed by atoms with van der Waals surface area (Å²) in [5, 5.41) is 3.18. The summed E-state index contributed by atoms with van der Waals surface area (Å²) in [5.41, 5.74) is 0.573. The van der Waals surface area contributed by atoms with Crippen molar-refractivity contribution >= 4 is 45.8 Å². The summed E-state index contributed by atoms with van der Waals surface area (Å²) in [6.45, 7) is 0. The summed E-state index contributed by atoms with van der Waals surface area (Å²) in [7, 11) is 0. The van der Waals surface area contributed by atoms with Crippen LogP contribution in [-0.4, -0.2) is 5.91 Å². The lowest BCUT2D eigenvalue weighted by molar-refractivity contribution is 0.0996. The molecule has 1 aromatic heterocycles. The van der Waals surface area contributed by atoms with Crippen molar-refractivity contribution in [2.45, 2.75) is 0 Å². The molecular weight excluding hydrogens is 340 g/mol. The Morgan fingerprint density at radius 3 is 2.81 bits per heavy atom. The summed E-state index contributed by atoms with van der Waals surface area (Å²) >= 11 is 8.14. The van der Waals surface area contributed by atoms with Crippen LogP contribution in [0.1, 0.15) is 10.6 Å². The van der Waals surface area contributed by atoms with Gasteiger partial charge in [-0.2, -0.15) is 0 Å². The molecule has 16 heavy (non-hydrogen) atoms. The summed E-state index contributed by atoms with van der Waals surface area (Å²) in [6.07, 6.45) is 1.45. The molecule has 1 aromatic carbocycles. The molecule has 0 radical (unpaired) electrons. The molecule has 0 fully saturated rings. The van der Waals surface area contributed by atoms with E-state index in [1.165, 1.54) is 6.26 Å². The molecule has 0 spiro atoms. The highest BCUT2D eigenvalue weighted by molar-refractivity contribution is 14.1. The minimum absolute atomic E-state index is 0.259. The van der Waals surface area contributed by atoms with Gasteiger partial charge in [-0.3, -0.25) is 4.79 Å². The molecule has 0 bridgehead atoms. The number of hydrogen-bond acceptors (Lipinski definition) is 2. The number of rotatable bonds is 2. The molecule has 82 valence electrons. The zero-order valence-corrected chi connectivity index (χ0v) is 10.9. The third-order valence-electron chi connectivity index (χ3n) is 1.92. The summed E-state index contributed by atoms with van der Waals surface area (Å²) in [6, 6.07) is 8.65. The summed E-state index contributed by atoms with van der Waals surface area (Å²) in [5.74, 6) is -0.0530. The molecule has 0 aliphatic rings. The molecular formula is C11H7ClINO2. The van der Waals surface area contributed by atoms with Crippen molar-refractivity contribution in [2.75, 3.05) is 5.32 Å². The van der Waals surface area contributed by atoms with Gasteiger partial charge in [0, 0.05) is 3.57 Å². The van der Waals surface area contributed by atoms with E-state index in [-0.39, 0.29) is 11.7 Å². The lowest BCUT2D eigenvalue weighted by Crippen LogP contribution is -2.11. The molecule has 2 rings (SSSR count). The normalized spacial score (nSPS) is 10.1. The SMILES string of the molecule is O=C(Nc1ccc(I)cc1Cl)c1ccco1. The van der Waals surface area contributed by atoms with Crippen LogP contribution in [0.25, 0.3) is 0 Å². The molecule has 1 heterocycles. The van der Waals surface area contributed by atoms with Crippen molar-refractivity contribution in [2.24, 2.45) is 0 Å². The van der Waals surface area contributed by atoms with Crippen LogP contribution in [0.4, 0.5) is 5.69 Å². The second-order valence-electron chi connectivity index (χ2n) is 3.06. The second-order valence-corrected chi connectivity index (χ2v) is 4.71. The third-order valence-corrected chi connectivity index (χ3v) is 2.91. The fourth-order valence-electron chi connectivity index (χ4n) is 1.18. The number of carbonyl (C=O) groups excluding carboxylic acids is 1. The van der Waals surface area contributed by atoms with Crippen LogP contribution in [0.3, 0.4) is 0 Å². The highest BCUT2D eigenvalue weighted by Crippen LogP contribution is 2.24. The van der Waals surface area contributed by atoms with Gasteiger partial charge >= 0.3 is 0 Å². The van der Waals surface area contributed by atoms with E-state index in [4.69, 9.17) is 16.0 Å². The quantitative estimate of drug-likeness (QED) is 0.840. The highest BCUT2D eigenvalue weighted by Gasteiger charge is 2.10. The molecule has 0 atom stereocenters. The van der Waals surface area contributed by atoms with E-state index in [1.807, 2.05) is 6.07 Å². The Hall–Kier alpha value is -1.01. The van der Waals surface area contributed by atoms with Gasteiger partial charge in [-0.05, 0) is 52.9 Å². The zero-order chi connectivity index (χ0) is 11.5. The van der Waals surface area contributed by atoms with Gasteiger partial charge in [-0.25, -0.2) is 0 Å². The fraction of sp³-hybridized carbons (Fsp3) is 0. The maximum Gasteiger partial charge on any atom is 0.291 e.